The summed E-state index contributed by atoms with van der Waals surface area (Å²) in [5.74, 6) is 0.942. The van der Waals surface area contributed by atoms with Gasteiger partial charge in [-0.25, -0.2) is 0 Å². The van der Waals surface area contributed by atoms with Crippen LogP contribution in [0.3, 0.4) is 0 Å². The Hall–Kier alpha value is -3.15. The lowest BCUT2D eigenvalue weighted by Crippen LogP contribution is -2.22. The standard InChI is InChI=1S/C37H57NO5/c1-11-15-25(3)42-31-23-28(24-32(35(31)41)43-26(4)16-12-2)18-19-33(39)38-20-14-13-17-27-21-29(36(5,6)7)34(40)30(22-27)37(8,9)10/h18-19,21-26,40-41H,11-17,20H2,1-10H3,(H,38,39)/b19-18+. The molecule has 2 rings (SSSR count). The van der Waals surface area contributed by atoms with Crippen LogP contribution in [0.4, 0.5) is 0 Å². The van der Waals surface area contributed by atoms with E-state index in [1.54, 1.807) is 18.2 Å². The lowest BCUT2D eigenvalue weighted by Gasteiger charge is -2.28. The number of unbranched alkanes of at least 4 members (excludes halogenated alkanes) is 1. The van der Waals surface area contributed by atoms with E-state index < -0.39 is 0 Å². The number of hydrogen-bond donors (Lipinski definition) is 3. The fourth-order valence-electron chi connectivity index (χ4n) is 5.12. The highest BCUT2D eigenvalue weighted by Gasteiger charge is 2.26. The summed E-state index contributed by atoms with van der Waals surface area (Å²) in [5.41, 5.74) is 3.58. The first-order valence-corrected chi connectivity index (χ1v) is 16.1. The van der Waals surface area contributed by atoms with Gasteiger partial charge < -0.3 is 25.0 Å². The van der Waals surface area contributed by atoms with E-state index in [1.807, 2.05) is 13.8 Å². The molecule has 43 heavy (non-hydrogen) atoms. The Labute approximate surface area is 260 Å². The third-order valence-electron chi connectivity index (χ3n) is 7.51. The van der Waals surface area contributed by atoms with Crippen molar-refractivity contribution in [2.45, 2.75) is 137 Å². The van der Waals surface area contributed by atoms with Crippen LogP contribution in [-0.2, 0) is 22.0 Å². The van der Waals surface area contributed by atoms with Gasteiger partial charge in [0.15, 0.2) is 11.5 Å². The van der Waals surface area contributed by atoms with Crippen molar-refractivity contribution < 1.29 is 24.5 Å². The first kappa shape index (κ1) is 36.0. The number of phenols is 2. The molecule has 0 spiro atoms. The summed E-state index contributed by atoms with van der Waals surface area (Å²) < 4.78 is 12.0. The van der Waals surface area contributed by atoms with Crippen LogP contribution < -0.4 is 14.8 Å². The predicted molar refractivity (Wildman–Crippen MR) is 179 cm³/mol. The average molecular weight is 596 g/mol. The van der Waals surface area contributed by atoms with Crippen molar-refractivity contribution >= 4 is 12.0 Å². The van der Waals surface area contributed by atoms with E-state index in [9.17, 15) is 15.0 Å². The molecule has 1 amide bonds. The Bertz CT molecular complexity index is 1150. The molecule has 0 heterocycles. The molecular formula is C37H57NO5. The molecule has 0 aliphatic carbocycles. The zero-order valence-electron chi connectivity index (χ0n) is 28.4. The molecular weight excluding hydrogens is 538 g/mol. The molecule has 0 aromatic heterocycles. The van der Waals surface area contributed by atoms with Crippen LogP contribution in [0.25, 0.3) is 6.08 Å². The molecule has 2 atom stereocenters. The normalized spacial score (nSPS) is 13.6. The molecule has 6 nitrogen and oxygen atoms in total. The first-order chi connectivity index (χ1) is 20.1. The minimum Gasteiger partial charge on any atom is -0.507 e. The maximum atomic E-state index is 12.6. The Morgan fingerprint density at radius 1 is 0.814 bits per heavy atom. The van der Waals surface area contributed by atoms with Crippen molar-refractivity contribution in [2.24, 2.45) is 0 Å². The number of ether oxygens (including phenoxy) is 2. The number of carbonyl (C=O) groups is 1. The van der Waals surface area contributed by atoms with Crippen LogP contribution in [0.1, 0.15) is 130 Å². The van der Waals surface area contributed by atoms with Crippen molar-refractivity contribution in [3.63, 3.8) is 0 Å². The van der Waals surface area contributed by atoms with E-state index in [4.69, 9.17) is 9.47 Å². The van der Waals surface area contributed by atoms with Crippen molar-refractivity contribution in [3.8, 4) is 23.0 Å². The Morgan fingerprint density at radius 3 is 1.74 bits per heavy atom. The third kappa shape index (κ3) is 11.5. The SMILES string of the molecule is CCCC(C)Oc1cc(/C=C/C(=O)NCCCCc2cc(C(C)(C)C)c(O)c(C(C)(C)C)c2)cc(OC(C)CCC)c1O. The van der Waals surface area contributed by atoms with E-state index in [0.717, 1.165) is 61.6 Å². The predicted octanol–water partition coefficient (Wildman–Crippen LogP) is 8.98. The van der Waals surface area contributed by atoms with Gasteiger partial charge in [-0.1, -0.05) is 80.4 Å². The summed E-state index contributed by atoms with van der Waals surface area (Å²) >= 11 is 0. The molecule has 2 unspecified atom stereocenters. The molecule has 3 N–H and O–H groups in total. The van der Waals surface area contributed by atoms with E-state index in [2.05, 4.69) is 72.8 Å². The second kappa shape index (κ2) is 16.1. The van der Waals surface area contributed by atoms with Gasteiger partial charge in [0.25, 0.3) is 0 Å². The number of amides is 1. The number of benzene rings is 2. The van der Waals surface area contributed by atoms with Crippen molar-refractivity contribution in [1.82, 2.24) is 5.32 Å². The summed E-state index contributed by atoms with van der Waals surface area (Å²) in [7, 11) is 0. The first-order valence-electron chi connectivity index (χ1n) is 16.1. The van der Waals surface area contributed by atoms with Crippen LogP contribution in [0, 0.1) is 0 Å². The number of carbonyl (C=O) groups excluding carboxylic acids is 1. The summed E-state index contributed by atoms with van der Waals surface area (Å²) in [6.07, 6.45) is 9.46. The minimum absolute atomic E-state index is 0.00891. The number of nitrogens with one attached hydrogen (secondary N) is 1. The van der Waals surface area contributed by atoms with E-state index in [-0.39, 0.29) is 34.7 Å². The second-order valence-electron chi connectivity index (χ2n) is 13.9. The van der Waals surface area contributed by atoms with Crippen molar-refractivity contribution in [1.29, 1.82) is 0 Å². The molecule has 240 valence electrons. The number of phenolic OH excluding ortho intramolecular Hbond substituents is 2. The van der Waals surface area contributed by atoms with Crippen LogP contribution >= 0.6 is 0 Å². The molecule has 6 heteroatoms. The van der Waals surface area contributed by atoms with Gasteiger partial charge in [-0.15, -0.1) is 0 Å². The monoisotopic (exact) mass is 595 g/mol. The van der Waals surface area contributed by atoms with Gasteiger partial charge in [0, 0.05) is 12.6 Å². The molecule has 0 saturated carbocycles. The van der Waals surface area contributed by atoms with Crippen molar-refractivity contribution in [2.75, 3.05) is 6.54 Å². The quantitative estimate of drug-likeness (QED) is 0.141. The Balaban J connectivity index is 2.04. The van der Waals surface area contributed by atoms with Crippen LogP contribution in [-0.4, -0.2) is 34.9 Å². The lowest BCUT2D eigenvalue weighted by molar-refractivity contribution is -0.116. The van der Waals surface area contributed by atoms with Crippen LogP contribution in [0.2, 0.25) is 0 Å². The highest BCUT2D eigenvalue weighted by molar-refractivity contribution is 5.91. The number of aromatic hydroxyl groups is 2. The maximum Gasteiger partial charge on any atom is 0.243 e. The van der Waals surface area contributed by atoms with Crippen LogP contribution in [0.15, 0.2) is 30.3 Å². The molecule has 0 aliphatic heterocycles. The van der Waals surface area contributed by atoms with Crippen LogP contribution in [0.5, 0.6) is 23.0 Å². The summed E-state index contributed by atoms with van der Waals surface area (Å²) in [6, 6.07) is 7.76. The molecule has 0 fully saturated rings. The molecule has 2 aromatic carbocycles. The van der Waals surface area contributed by atoms with Gasteiger partial charge in [0.1, 0.15) is 5.75 Å². The summed E-state index contributed by atoms with van der Waals surface area (Å²) in [6.45, 7) is 21.5. The van der Waals surface area contributed by atoms with E-state index in [0.29, 0.717) is 23.8 Å². The fourth-order valence-corrected chi connectivity index (χ4v) is 5.12. The fraction of sp³-hybridized carbons (Fsp3) is 0.595. The van der Waals surface area contributed by atoms with Gasteiger partial charge >= 0.3 is 0 Å². The highest BCUT2D eigenvalue weighted by atomic mass is 16.5. The van der Waals surface area contributed by atoms with Gasteiger partial charge in [-0.3, -0.25) is 4.79 Å². The van der Waals surface area contributed by atoms with Gasteiger partial charge in [0.05, 0.1) is 12.2 Å². The summed E-state index contributed by atoms with van der Waals surface area (Å²) in [4.78, 5) is 12.6. The van der Waals surface area contributed by atoms with Gasteiger partial charge in [-0.2, -0.15) is 0 Å². The molecule has 0 radical (unpaired) electrons. The number of hydrogen-bond acceptors (Lipinski definition) is 5. The third-order valence-corrected chi connectivity index (χ3v) is 7.51. The largest absolute Gasteiger partial charge is 0.507 e. The van der Waals surface area contributed by atoms with Gasteiger partial charge in [-0.05, 0) is 97.2 Å². The number of rotatable bonds is 15. The minimum atomic E-state index is -0.175. The smallest absolute Gasteiger partial charge is 0.243 e. The van der Waals surface area contributed by atoms with Crippen molar-refractivity contribution in [3.05, 3.63) is 52.6 Å². The Kier molecular flexibility index (Phi) is 13.5. The lowest BCUT2D eigenvalue weighted by atomic mass is 9.78. The summed E-state index contributed by atoms with van der Waals surface area (Å²) in [5, 5.41) is 24.8. The zero-order valence-corrected chi connectivity index (χ0v) is 28.4. The maximum absolute atomic E-state index is 12.6. The van der Waals surface area contributed by atoms with E-state index in [1.165, 1.54) is 11.6 Å². The topological polar surface area (TPSA) is 88.0 Å². The molecule has 2 aromatic rings. The molecule has 0 aliphatic rings. The molecule has 0 saturated heterocycles. The number of aryl methyl sites for hydroxylation is 1. The molecule has 0 bridgehead atoms. The zero-order chi connectivity index (χ0) is 32.4. The second-order valence-corrected chi connectivity index (χ2v) is 13.9. The van der Waals surface area contributed by atoms with Gasteiger partial charge in [0.2, 0.25) is 11.7 Å². The average Bonchev–Trinajstić information content (AvgIpc) is 2.89. The highest BCUT2D eigenvalue weighted by Crippen LogP contribution is 2.41. The Morgan fingerprint density at radius 2 is 1.30 bits per heavy atom. The van der Waals surface area contributed by atoms with E-state index >= 15 is 0 Å².